The number of ether oxygens (including phenoxy) is 1. The first-order valence-corrected chi connectivity index (χ1v) is 6.42. The van der Waals surface area contributed by atoms with Crippen molar-refractivity contribution < 1.29 is 4.74 Å². The van der Waals surface area contributed by atoms with Gasteiger partial charge in [0, 0.05) is 19.7 Å². The highest BCUT2D eigenvalue weighted by atomic mass is 16.5. The topological polar surface area (TPSA) is 71.7 Å². The monoisotopic (exact) mass is 242 g/mol. The second-order valence-electron chi connectivity index (χ2n) is 5.06. The van der Waals surface area contributed by atoms with Crippen molar-refractivity contribution in [3.63, 3.8) is 0 Å². The number of nitrogens with one attached hydrogen (secondary N) is 2. The summed E-state index contributed by atoms with van der Waals surface area (Å²) in [5, 5.41) is 3.20. The van der Waals surface area contributed by atoms with Gasteiger partial charge in [-0.2, -0.15) is 0 Å². The van der Waals surface area contributed by atoms with E-state index in [2.05, 4.69) is 22.7 Å². The lowest BCUT2D eigenvalue weighted by molar-refractivity contribution is 0.179. The molecule has 1 fully saturated rings. The van der Waals surface area contributed by atoms with Gasteiger partial charge in [0.05, 0.1) is 6.61 Å². The van der Waals surface area contributed by atoms with Crippen molar-refractivity contribution in [2.45, 2.75) is 45.6 Å². The summed E-state index contributed by atoms with van der Waals surface area (Å²) < 4.78 is 5.06. The third kappa shape index (κ3) is 4.91. The highest BCUT2D eigenvalue weighted by molar-refractivity contribution is 5.79. The molecule has 0 spiro atoms. The van der Waals surface area contributed by atoms with Gasteiger partial charge in [0.2, 0.25) is 5.96 Å². The maximum atomic E-state index is 5.46. The Labute approximate surface area is 104 Å². The number of hydrazine groups is 1. The van der Waals surface area contributed by atoms with E-state index in [-0.39, 0.29) is 6.04 Å². The summed E-state index contributed by atoms with van der Waals surface area (Å²) in [6.45, 7) is 5.77. The summed E-state index contributed by atoms with van der Waals surface area (Å²) in [5.41, 5.74) is 3.08. The normalized spacial score (nSPS) is 19.9. The van der Waals surface area contributed by atoms with Gasteiger partial charge >= 0.3 is 0 Å². The van der Waals surface area contributed by atoms with Gasteiger partial charge in [-0.25, -0.2) is 5.84 Å². The van der Waals surface area contributed by atoms with Crippen LogP contribution in [0.25, 0.3) is 0 Å². The number of guanidine groups is 1. The Morgan fingerprint density at radius 3 is 2.71 bits per heavy atom. The highest BCUT2D eigenvalue weighted by Crippen LogP contribution is 2.49. The van der Waals surface area contributed by atoms with Crippen molar-refractivity contribution in [3.8, 4) is 0 Å². The quantitative estimate of drug-likeness (QED) is 0.270. The van der Waals surface area contributed by atoms with E-state index in [1.165, 1.54) is 25.7 Å². The minimum absolute atomic E-state index is 0.205. The fraction of sp³-hybridized carbons (Fsp3) is 0.917. The van der Waals surface area contributed by atoms with Gasteiger partial charge in [0.1, 0.15) is 0 Å². The Morgan fingerprint density at radius 2 is 2.24 bits per heavy atom. The zero-order valence-corrected chi connectivity index (χ0v) is 11.3. The average molecular weight is 242 g/mol. The van der Waals surface area contributed by atoms with Crippen LogP contribution in [0.1, 0.15) is 39.5 Å². The summed E-state index contributed by atoms with van der Waals surface area (Å²) in [7, 11) is 1.69. The zero-order chi connectivity index (χ0) is 12.7. The first-order chi connectivity index (χ1) is 8.15. The minimum atomic E-state index is 0.205. The Kier molecular flexibility index (Phi) is 5.71. The molecule has 1 saturated carbocycles. The molecule has 1 unspecified atom stereocenters. The molecule has 100 valence electrons. The fourth-order valence-electron chi connectivity index (χ4n) is 2.10. The van der Waals surface area contributed by atoms with E-state index in [1.54, 1.807) is 7.11 Å². The van der Waals surface area contributed by atoms with Crippen molar-refractivity contribution >= 4 is 5.96 Å². The lowest BCUT2D eigenvalue weighted by Gasteiger charge is -2.17. The van der Waals surface area contributed by atoms with Crippen LogP contribution in [0.3, 0.4) is 0 Å². The first kappa shape index (κ1) is 14.3. The largest absolute Gasteiger partial charge is 0.383 e. The van der Waals surface area contributed by atoms with Gasteiger partial charge < -0.3 is 10.1 Å². The third-order valence-corrected chi connectivity index (χ3v) is 3.25. The molecule has 0 radical (unpaired) electrons. The standard InChI is InChI=1S/C12H26N4O/c1-4-5-12(6-7-12)9-14-11(16-13)15-10(2)8-17-3/h10H,4-9,13H2,1-3H3,(H2,14,15,16). The van der Waals surface area contributed by atoms with E-state index < -0.39 is 0 Å². The average Bonchev–Trinajstić information content (AvgIpc) is 3.05. The Morgan fingerprint density at radius 1 is 1.53 bits per heavy atom. The summed E-state index contributed by atoms with van der Waals surface area (Å²) in [5.74, 6) is 6.12. The lowest BCUT2D eigenvalue weighted by atomic mass is 10.0. The molecule has 0 heterocycles. The molecule has 0 aromatic rings. The number of rotatable bonds is 7. The Hall–Kier alpha value is -0.810. The summed E-state index contributed by atoms with van der Waals surface area (Å²) in [4.78, 5) is 4.53. The van der Waals surface area contributed by atoms with Crippen LogP contribution in [0.2, 0.25) is 0 Å². The van der Waals surface area contributed by atoms with Gasteiger partial charge in [-0.05, 0) is 31.6 Å². The van der Waals surface area contributed by atoms with Crippen LogP contribution in [0.15, 0.2) is 4.99 Å². The lowest BCUT2D eigenvalue weighted by Crippen LogP contribution is -2.47. The SMILES string of the molecule is CCCC1(CN=C(NN)NC(C)COC)CC1. The first-order valence-electron chi connectivity index (χ1n) is 6.42. The zero-order valence-electron chi connectivity index (χ0n) is 11.3. The van der Waals surface area contributed by atoms with Crippen molar-refractivity contribution in [2.24, 2.45) is 16.3 Å². The molecule has 0 amide bonds. The van der Waals surface area contributed by atoms with Gasteiger partial charge in [-0.15, -0.1) is 0 Å². The van der Waals surface area contributed by atoms with Crippen LogP contribution in [-0.2, 0) is 4.74 Å². The molecule has 1 aliphatic rings. The molecule has 5 nitrogen and oxygen atoms in total. The number of hydrogen-bond donors (Lipinski definition) is 3. The van der Waals surface area contributed by atoms with Crippen LogP contribution in [0.4, 0.5) is 0 Å². The maximum Gasteiger partial charge on any atom is 0.206 e. The number of nitrogens with two attached hydrogens (primary N) is 1. The van der Waals surface area contributed by atoms with E-state index in [1.807, 2.05) is 6.92 Å². The molecule has 0 aromatic heterocycles. The smallest absolute Gasteiger partial charge is 0.206 e. The molecule has 1 aliphatic carbocycles. The van der Waals surface area contributed by atoms with Gasteiger partial charge in [0.25, 0.3) is 0 Å². The van der Waals surface area contributed by atoms with E-state index in [9.17, 15) is 0 Å². The predicted molar refractivity (Wildman–Crippen MR) is 70.7 cm³/mol. The molecule has 0 bridgehead atoms. The summed E-state index contributed by atoms with van der Waals surface area (Å²) in [6, 6.07) is 0.205. The second-order valence-corrected chi connectivity index (χ2v) is 5.06. The second kappa shape index (κ2) is 6.81. The molecular weight excluding hydrogens is 216 g/mol. The molecule has 1 rings (SSSR count). The van der Waals surface area contributed by atoms with Crippen LogP contribution >= 0.6 is 0 Å². The number of nitrogens with zero attached hydrogens (tertiary/aromatic N) is 1. The van der Waals surface area contributed by atoms with E-state index >= 15 is 0 Å². The molecule has 0 aliphatic heterocycles. The summed E-state index contributed by atoms with van der Waals surface area (Å²) >= 11 is 0. The van der Waals surface area contributed by atoms with E-state index in [0.29, 0.717) is 18.0 Å². The van der Waals surface area contributed by atoms with Crippen LogP contribution in [0.5, 0.6) is 0 Å². The Balaban J connectivity index is 2.38. The molecule has 4 N–H and O–H groups in total. The molecule has 5 heteroatoms. The number of hydrogen-bond acceptors (Lipinski definition) is 3. The van der Waals surface area contributed by atoms with Crippen molar-refractivity contribution in [1.82, 2.24) is 10.7 Å². The van der Waals surface area contributed by atoms with E-state index in [4.69, 9.17) is 10.6 Å². The van der Waals surface area contributed by atoms with Crippen LogP contribution in [0, 0.1) is 5.41 Å². The molecule has 0 saturated heterocycles. The fourth-order valence-corrected chi connectivity index (χ4v) is 2.10. The summed E-state index contributed by atoms with van der Waals surface area (Å²) in [6.07, 6.45) is 5.10. The van der Waals surface area contributed by atoms with Crippen LogP contribution in [-0.4, -0.2) is 32.3 Å². The number of aliphatic imine (C=N–C) groups is 1. The van der Waals surface area contributed by atoms with Gasteiger partial charge in [0.15, 0.2) is 0 Å². The molecule has 0 aromatic carbocycles. The Bertz CT molecular complexity index is 251. The van der Waals surface area contributed by atoms with Crippen molar-refractivity contribution in [3.05, 3.63) is 0 Å². The highest BCUT2D eigenvalue weighted by Gasteiger charge is 2.41. The minimum Gasteiger partial charge on any atom is -0.383 e. The molecule has 1 atom stereocenters. The van der Waals surface area contributed by atoms with Gasteiger partial charge in [-0.3, -0.25) is 10.4 Å². The third-order valence-electron chi connectivity index (χ3n) is 3.25. The maximum absolute atomic E-state index is 5.46. The van der Waals surface area contributed by atoms with E-state index in [0.717, 1.165) is 6.54 Å². The number of methoxy groups -OCH3 is 1. The van der Waals surface area contributed by atoms with Crippen LogP contribution < -0.4 is 16.6 Å². The molecule has 17 heavy (non-hydrogen) atoms. The van der Waals surface area contributed by atoms with Gasteiger partial charge in [-0.1, -0.05) is 13.3 Å². The predicted octanol–water partition coefficient (Wildman–Crippen LogP) is 1.01. The van der Waals surface area contributed by atoms with Crippen molar-refractivity contribution in [2.75, 3.05) is 20.3 Å². The van der Waals surface area contributed by atoms with Crippen molar-refractivity contribution in [1.29, 1.82) is 0 Å². The molecular formula is C12H26N4O.